The van der Waals surface area contributed by atoms with Crippen molar-refractivity contribution in [1.82, 2.24) is 10.1 Å². The molecule has 6 nitrogen and oxygen atoms in total. The Kier molecular flexibility index (Phi) is 4.14. The average molecular weight is 314 g/mol. The van der Waals surface area contributed by atoms with Gasteiger partial charge in [0.05, 0.1) is 5.69 Å². The summed E-state index contributed by atoms with van der Waals surface area (Å²) in [4.78, 5) is 25.2. The van der Waals surface area contributed by atoms with E-state index in [0.29, 0.717) is 5.92 Å². The van der Waals surface area contributed by atoms with Crippen molar-refractivity contribution in [2.75, 3.05) is 7.05 Å². The van der Waals surface area contributed by atoms with Gasteiger partial charge in [0.15, 0.2) is 0 Å². The van der Waals surface area contributed by atoms with Crippen molar-refractivity contribution in [2.24, 2.45) is 0 Å². The molecule has 6 heteroatoms. The Morgan fingerprint density at radius 3 is 2.65 bits per heavy atom. The summed E-state index contributed by atoms with van der Waals surface area (Å²) in [6.45, 7) is 0. The predicted molar refractivity (Wildman–Crippen MR) is 82.1 cm³/mol. The number of carbonyl (C=O) groups excluding carboxylic acids is 1. The minimum Gasteiger partial charge on any atom is -0.480 e. The third kappa shape index (κ3) is 3.41. The second-order valence-electron chi connectivity index (χ2n) is 5.85. The van der Waals surface area contributed by atoms with Gasteiger partial charge in [0.25, 0.3) is 5.91 Å². The Hall–Kier alpha value is -2.63. The number of hydrogen-bond donors (Lipinski definition) is 1. The van der Waals surface area contributed by atoms with Crippen LogP contribution >= 0.6 is 0 Å². The Morgan fingerprint density at radius 1 is 1.35 bits per heavy atom. The second kappa shape index (κ2) is 6.24. The second-order valence-corrected chi connectivity index (χ2v) is 5.85. The lowest BCUT2D eigenvalue weighted by molar-refractivity contribution is -0.141. The van der Waals surface area contributed by atoms with E-state index >= 15 is 0 Å². The summed E-state index contributed by atoms with van der Waals surface area (Å²) in [6, 6.07) is 9.89. The molecule has 1 aliphatic carbocycles. The summed E-state index contributed by atoms with van der Waals surface area (Å²) in [5.41, 5.74) is 1.63. The summed E-state index contributed by atoms with van der Waals surface area (Å²) in [6.07, 6.45) is 2.35. The SMILES string of the molecule is CN(C(=O)c1cc(C2CC2)no1)C(Cc1ccccc1)C(=O)O. The third-order valence-electron chi connectivity index (χ3n) is 4.08. The molecule has 0 saturated heterocycles. The molecule has 1 fully saturated rings. The fourth-order valence-corrected chi connectivity index (χ4v) is 2.50. The first-order chi connectivity index (χ1) is 11.1. The molecule has 1 saturated carbocycles. The van der Waals surface area contributed by atoms with Gasteiger partial charge in [0.1, 0.15) is 6.04 Å². The first-order valence-electron chi connectivity index (χ1n) is 7.56. The number of likely N-dealkylation sites (N-methyl/N-ethyl adjacent to an activating group) is 1. The molecule has 3 rings (SSSR count). The molecule has 1 amide bonds. The zero-order valence-corrected chi connectivity index (χ0v) is 12.8. The number of benzene rings is 1. The van der Waals surface area contributed by atoms with Crippen molar-refractivity contribution in [3.8, 4) is 0 Å². The quantitative estimate of drug-likeness (QED) is 0.884. The van der Waals surface area contributed by atoms with E-state index in [2.05, 4.69) is 5.16 Å². The maximum absolute atomic E-state index is 12.5. The summed E-state index contributed by atoms with van der Waals surface area (Å²) in [7, 11) is 1.48. The maximum atomic E-state index is 12.5. The molecule has 1 atom stereocenters. The van der Waals surface area contributed by atoms with Gasteiger partial charge in [-0.1, -0.05) is 35.5 Å². The topological polar surface area (TPSA) is 83.6 Å². The molecule has 1 aliphatic rings. The van der Waals surface area contributed by atoms with Gasteiger partial charge in [0, 0.05) is 25.5 Å². The van der Waals surface area contributed by atoms with Crippen molar-refractivity contribution < 1.29 is 19.2 Å². The molecule has 1 aromatic heterocycles. The highest BCUT2D eigenvalue weighted by Gasteiger charge is 2.32. The number of carboxylic acids is 1. The van der Waals surface area contributed by atoms with E-state index in [1.807, 2.05) is 30.3 Å². The molecular formula is C17H18N2O4. The van der Waals surface area contributed by atoms with Crippen LogP contribution in [0.3, 0.4) is 0 Å². The molecule has 0 bridgehead atoms. The van der Waals surface area contributed by atoms with Crippen molar-refractivity contribution in [2.45, 2.75) is 31.2 Å². The van der Waals surface area contributed by atoms with Crippen LogP contribution in [0.25, 0.3) is 0 Å². The Morgan fingerprint density at radius 2 is 2.04 bits per heavy atom. The summed E-state index contributed by atoms with van der Waals surface area (Å²) in [5, 5.41) is 13.4. The molecule has 1 unspecified atom stereocenters. The number of aliphatic carboxylic acids is 1. The first kappa shape index (κ1) is 15.3. The lowest BCUT2D eigenvalue weighted by Crippen LogP contribution is -2.43. The van der Waals surface area contributed by atoms with Gasteiger partial charge in [-0.2, -0.15) is 0 Å². The van der Waals surface area contributed by atoms with Gasteiger partial charge in [-0.05, 0) is 18.4 Å². The third-order valence-corrected chi connectivity index (χ3v) is 4.08. The standard InChI is InChI=1S/C17H18N2O4/c1-19(14(17(21)22)9-11-5-3-2-4-6-11)16(20)15-10-13(18-23-15)12-7-8-12/h2-6,10,12,14H,7-9H2,1H3,(H,21,22). The molecule has 1 N–H and O–H groups in total. The van der Waals surface area contributed by atoms with Gasteiger partial charge in [-0.15, -0.1) is 0 Å². The Bertz CT molecular complexity index is 706. The van der Waals surface area contributed by atoms with E-state index in [4.69, 9.17) is 4.52 Å². The lowest BCUT2D eigenvalue weighted by atomic mass is 10.0. The summed E-state index contributed by atoms with van der Waals surface area (Å²) in [5.74, 6) is -1.04. The zero-order valence-electron chi connectivity index (χ0n) is 12.8. The van der Waals surface area contributed by atoms with Crippen LogP contribution in [0.15, 0.2) is 40.9 Å². The van der Waals surface area contributed by atoms with Gasteiger partial charge in [-0.25, -0.2) is 4.79 Å². The van der Waals surface area contributed by atoms with Crippen LogP contribution in [0.5, 0.6) is 0 Å². The molecule has 1 heterocycles. The molecule has 1 aromatic carbocycles. The normalized spacial score (nSPS) is 15.2. The highest BCUT2D eigenvalue weighted by molar-refractivity contribution is 5.94. The zero-order chi connectivity index (χ0) is 16.4. The van der Waals surface area contributed by atoms with Gasteiger partial charge in [-0.3, -0.25) is 4.79 Å². The van der Waals surface area contributed by atoms with Crippen LogP contribution in [0.2, 0.25) is 0 Å². The lowest BCUT2D eigenvalue weighted by Gasteiger charge is -2.23. The molecule has 0 spiro atoms. The van der Waals surface area contributed by atoms with E-state index in [-0.39, 0.29) is 12.2 Å². The minimum atomic E-state index is -1.05. The fraction of sp³-hybridized carbons (Fsp3) is 0.353. The van der Waals surface area contributed by atoms with Gasteiger partial charge in [0.2, 0.25) is 5.76 Å². The van der Waals surface area contributed by atoms with Gasteiger partial charge >= 0.3 is 5.97 Å². The van der Waals surface area contributed by atoms with Crippen LogP contribution in [-0.4, -0.2) is 40.1 Å². The molecule has 0 radical (unpaired) electrons. The van der Waals surface area contributed by atoms with Crippen molar-refractivity contribution >= 4 is 11.9 Å². The number of rotatable bonds is 6. The van der Waals surface area contributed by atoms with Crippen LogP contribution in [0.1, 0.15) is 40.6 Å². The first-order valence-corrected chi connectivity index (χ1v) is 7.56. The fourth-order valence-electron chi connectivity index (χ4n) is 2.50. The van der Waals surface area contributed by atoms with E-state index in [9.17, 15) is 14.7 Å². The van der Waals surface area contributed by atoms with Crippen molar-refractivity contribution in [3.05, 3.63) is 53.4 Å². The van der Waals surface area contributed by atoms with E-state index in [1.165, 1.54) is 11.9 Å². The average Bonchev–Trinajstić information content (AvgIpc) is 3.29. The van der Waals surface area contributed by atoms with Gasteiger partial charge < -0.3 is 14.5 Å². The smallest absolute Gasteiger partial charge is 0.326 e. The summed E-state index contributed by atoms with van der Waals surface area (Å²) >= 11 is 0. The number of hydrogen-bond acceptors (Lipinski definition) is 4. The number of carboxylic acid groups (broad SMARTS) is 1. The van der Waals surface area contributed by atoms with Crippen LogP contribution in [0, 0.1) is 0 Å². The van der Waals surface area contributed by atoms with E-state index in [1.54, 1.807) is 6.07 Å². The van der Waals surface area contributed by atoms with E-state index < -0.39 is 17.9 Å². The van der Waals surface area contributed by atoms with Crippen LogP contribution < -0.4 is 0 Å². The highest BCUT2D eigenvalue weighted by atomic mass is 16.5. The number of aromatic nitrogens is 1. The number of nitrogens with zero attached hydrogens (tertiary/aromatic N) is 2. The molecule has 2 aromatic rings. The number of amides is 1. The predicted octanol–water partition coefficient (Wildman–Crippen LogP) is 2.32. The van der Waals surface area contributed by atoms with E-state index in [0.717, 1.165) is 24.1 Å². The Labute approximate surface area is 133 Å². The monoisotopic (exact) mass is 314 g/mol. The van der Waals surface area contributed by atoms with Crippen LogP contribution in [0.4, 0.5) is 0 Å². The van der Waals surface area contributed by atoms with Crippen molar-refractivity contribution in [3.63, 3.8) is 0 Å². The Balaban J connectivity index is 1.75. The molecule has 120 valence electrons. The molecular weight excluding hydrogens is 296 g/mol. The number of carbonyl (C=O) groups is 2. The van der Waals surface area contributed by atoms with Crippen molar-refractivity contribution in [1.29, 1.82) is 0 Å². The molecule has 23 heavy (non-hydrogen) atoms. The molecule has 0 aliphatic heterocycles. The summed E-state index contributed by atoms with van der Waals surface area (Å²) < 4.78 is 5.09. The highest BCUT2D eigenvalue weighted by Crippen LogP contribution is 2.39. The maximum Gasteiger partial charge on any atom is 0.326 e. The largest absolute Gasteiger partial charge is 0.480 e. The van der Waals surface area contributed by atoms with Crippen LogP contribution in [-0.2, 0) is 11.2 Å². The minimum absolute atomic E-state index is 0.0914.